The van der Waals surface area contributed by atoms with Gasteiger partial charge >= 0.3 is 41.3 Å². The van der Waals surface area contributed by atoms with E-state index >= 15 is 0 Å². The van der Waals surface area contributed by atoms with Crippen LogP contribution < -0.4 is 0 Å². The van der Waals surface area contributed by atoms with Crippen LogP contribution in [0.4, 0.5) is 0 Å². The van der Waals surface area contributed by atoms with Gasteiger partial charge in [0.25, 0.3) is 0 Å². The molecule has 1 heterocycles. The van der Waals surface area contributed by atoms with E-state index in [0.717, 1.165) is 14.6 Å². The van der Waals surface area contributed by atoms with Gasteiger partial charge in [0.2, 0.25) is 0 Å². The van der Waals surface area contributed by atoms with E-state index in [0.29, 0.717) is 0 Å². The first-order valence-electron chi connectivity index (χ1n) is 10.2. The van der Waals surface area contributed by atoms with Gasteiger partial charge in [0, 0.05) is 0 Å². The van der Waals surface area contributed by atoms with E-state index in [2.05, 4.69) is 55.8 Å². The molecule has 0 N–H and O–H groups in total. The Morgan fingerprint density at radius 1 is 0.647 bits per heavy atom. The number of allylic oxidation sites excluding steroid dienone is 4. The minimum absolute atomic E-state index is 0. The normalized spacial score (nSPS) is 8.97. The van der Waals surface area contributed by atoms with Crippen LogP contribution in [0.1, 0.15) is 20.3 Å². The fourth-order valence-corrected chi connectivity index (χ4v) is 2.09. The fraction of sp³-hybridized carbons (Fsp3) is 0.100. The molecule has 1 aromatic heterocycles. The predicted molar refractivity (Wildman–Crippen MR) is 153 cm³/mol. The first-order valence-corrected chi connectivity index (χ1v) is 12.5. The Labute approximate surface area is 236 Å². The van der Waals surface area contributed by atoms with E-state index < -0.39 is 0 Å². The number of rotatable bonds is 0. The van der Waals surface area contributed by atoms with Gasteiger partial charge in [-0.2, -0.15) is 133 Å². The van der Waals surface area contributed by atoms with Crippen molar-refractivity contribution < 1.29 is 24.2 Å². The molecule has 1 aliphatic rings. The van der Waals surface area contributed by atoms with Crippen LogP contribution in [0.5, 0.6) is 0 Å². The van der Waals surface area contributed by atoms with Crippen LogP contribution in [-0.4, -0.2) is 3.21 Å². The molecule has 0 fully saturated rings. The number of hydrogen-bond donors (Lipinski definition) is 0. The maximum atomic E-state index is 3.01. The summed E-state index contributed by atoms with van der Waals surface area (Å²) in [4.78, 5) is 0. The molecule has 34 heavy (non-hydrogen) atoms. The molecule has 0 saturated heterocycles. The first-order chi connectivity index (χ1) is 15.7. The molecule has 0 amide bonds. The second kappa shape index (κ2) is 33.4. The Hall–Kier alpha value is -1.75. The van der Waals surface area contributed by atoms with Crippen LogP contribution in [0, 0.1) is 30.1 Å². The van der Waals surface area contributed by atoms with Crippen molar-refractivity contribution in [3.8, 4) is 0 Å². The molecule has 180 valence electrons. The van der Waals surface area contributed by atoms with E-state index in [9.17, 15) is 0 Å². The van der Waals surface area contributed by atoms with Crippen LogP contribution in [0.25, 0.3) is 0 Å². The zero-order chi connectivity index (χ0) is 23.4. The van der Waals surface area contributed by atoms with Gasteiger partial charge < -0.3 is 0 Å². The Balaban J connectivity index is -0.000000337. The molecule has 4 aromatic rings. The fourth-order valence-electron chi connectivity index (χ4n) is 1.61. The van der Waals surface area contributed by atoms with Gasteiger partial charge in [0.1, 0.15) is 0 Å². The van der Waals surface area contributed by atoms with Crippen LogP contribution in [0.15, 0.2) is 127 Å². The van der Waals surface area contributed by atoms with Gasteiger partial charge in [-0.25, -0.2) is 18.2 Å². The summed E-state index contributed by atoms with van der Waals surface area (Å²) < 4.78 is 1.51. The van der Waals surface area contributed by atoms with Gasteiger partial charge in [0.05, 0.1) is 0 Å². The standard InChI is InChI=1S/3C6H5.C5H5.C4H4P.C3H6.2ClH.Zr/c3*1-2-4-6-5-3-1;2*1-2-4-5-3-1;1-3-2;;;/h3*1-5H;1-3H,4H2;1-3,5H;1-2H3;2*1H;/q5*-1;;;;. The third kappa shape index (κ3) is 37.6. The molecule has 0 spiro atoms. The average molecular weight is 586 g/mol. The van der Waals surface area contributed by atoms with Crippen molar-refractivity contribution in [3.05, 3.63) is 157 Å². The molecule has 1 unspecified atom stereocenters. The van der Waals surface area contributed by atoms with Gasteiger partial charge in [-0.05, 0) is 0 Å². The molecule has 1 aliphatic carbocycles. The van der Waals surface area contributed by atoms with E-state index in [4.69, 9.17) is 0 Å². The van der Waals surface area contributed by atoms with Crippen LogP contribution >= 0.6 is 33.0 Å². The molecule has 5 rings (SSSR count). The van der Waals surface area contributed by atoms with E-state index in [1.807, 2.05) is 115 Å². The van der Waals surface area contributed by atoms with Crippen molar-refractivity contribution in [2.75, 3.05) is 0 Å². The summed E-state index contributed by atoms with van der Waals surface area (Å²) in [5.74, 6) is 5.11. The van der Waals surface area contributed by atoms with Crippen molar-refractivity contribution in [3.63, 3.8) is 0 Å². The molecule has 0 bridgehead atoms. The third-order valence-corrected chi connectivity index (χ3v) is 3.54. The maximum Gasteiger partial charge on any atom is -0.109 e. The summed E-state index contributed by atoms with van der Waals surface area (Å²) >= 11 is 1.55. The van der Waals surface area contributed by atoms with Crippen molar-refractivity contribution in [1.82, 2.24) is 0 Å². The van der Waals surface area contributed by atoms with Crippen LogP contribution in [0.2, 0.25) is 0 Å². The summed E-state index contributed by atoms with van der Waals surface area (Å²) in [5.41, 5.74) is 0. The predicted octanol–water partition coefficient (Wildman–Crippen LogP) is 8.87. The van der Waals surface area contributed by atoms with E-state index in [1.54, 1.807) is 24.2 Å². The molecular weight excluding hydrogens is 553 g/mol. The van der Waals surface area contributed by atoms with Gasteiger partial charge in [-0.3, -0.25) is 14.3 Å². The molecule has 0 aliphatic heterocycles. The number of halogens is 2. The first kappa shape index (κ1) is 36.8. The van der Waals surface area contributed by atoms with E-state index in [-0.39, 0.29) is 24.8 Å². The van der Waals surface area contributed by atoms with Crippen molar-refractivity contribution in [2.45, 2.75) is 20.3 Å². The largest absolute Gasteiger partial charge is 0.273 e. The molecular formula is C30H32Cl2PZr-5. The topological polar surface area (TPSA) is 0 Å². The summed E-state index contributed by atoms with van der Waals surface area (Å²) in [6.45, 7) is 4.25. The Morgan fingerprint density at radius 2 is 1.06 bits per heavy atom. The molecule has 0 saturated carbocycles. The van der Waals surface area contributed by atoms with Crippen molar-refractivity contribution in [1.29, 1.82) is 0 Å². The van der Waals surface area contributed by atoms with Gasteiger partial charge in [-0.15, -0.1) is 31.2 Å². The Bertz CT molecular complexity index is 693. The summed E-state index contributed by atoms with van der Waals surface area (Å²) in [5, 5.41) is 0. The van der Waals surface area contributed by atoms with Crippen molar-refractivity contribution in [2.24, 2.45) is 0 Å². The average Bonchev–Trinajstić information content (AvgIpc) is 3.63. The van der Waals surface area contributed by atoms with Crippen LogP contribution in [0.3, 0.4) is 0 Å². The second-order valence-electron chi connectivity index (χ2n) is 6.05. The molecule has 0 nitrogen and oxygen atoms in total. The van der Waals surface area contributed by atoms with Gasteiger partial charge in [-0.1, -0.05) is 0 Å². The minimum atomic E-state index is 0. The number of hydrogen-bond acceptors (Lipinski definition) is 0. The zero-order valence-electron chi connectivity index (χ0n) is 19.6. The third-order valence-electron chi connectivity index (χ3n) is 2.85. The summed E-state index contributed by atoms with van der Waals surface area (Å²) in [7, 11) is 0.823. The number of benzene rings is 3. The van der Waals surface area contributed by atoms with Crippen molar-refractivity contribution >= 4 is 36.2 Å². The molecule has 4 heteroatoms. The van der Waals surface area contributed by atoms with Gasteiger partial charge in [0.15, 0.2) is 0 Å². The summed E-state index contributed by atoms with van der Waals surface area (Å²) in [6, 6.07) is 41.5. The smallest absolute Gasteiger partial charge is 0.109 e. The molecule has 3 aromatic carbocycles. The molecule has 1 atom stereocenters. The summed E-state index contributed by atoms with van der Waals surface area (Å²) in [6.07, 6.45) is 10.0. The Kier molecular flexibility index (Phi) is 36.2. The van der Waals surface area contributed by atoms with E-state index in [1.165, 1.54) is 3.21 Å². The Morgan fingerprint density at radius 3 is 1.15 bits per heavy atom. The maximum absolute atomic E-state index is 3.01. The monoisotopic (exact) mass is 583 g/mol. The quantitative estimate of drug-likeness (QED) is 0.181. The minimum Gasteiger partial charge on any atom is -0.273 e. The molecule has 0 radical (unpaired) electrons. The zero-order valence-corrected chi connectivity index (χ0v) is 24.7. The SMILES string of the molecule is C[C](C)=[Zr].Cl.Cl.[C-]1=CC=CC1.[c-]1ccc[pH]1.[c-]1ccccc1.[c-]1ccccc1.[c-]1ccccc1. The van der Waals surface area contributed by atoms with Crippen LogP contribution in [-0.2, 0) is 24.2 Å². The second-order valence-corrected chi connectivity index (χ2v) is 9.42.